The number of alkyl halides is 5. The summed E-state index contributed by atoms with van der Waals surface area (Å²) in [4.78, 5) is 16.4. The van der Waals surface area contributed by atoms with E-state index in [9.17, 15) is 31.1 Å². The average molecular weight is 468 g/mol. The van der Waals surface area contributed by atoms with Crippen molar-refractivity contribution in [1.29, 1.82) is 0 Å². The number of rotatable bonds is 5. The molecule has 0 fully saturated rings. The highest BCUT2D eigenvalue weighted by molar-refractivity contribution is 6.02. The van der Waals surface area contributed by atoms with Crippen LogP contribution >= 0.6 is 0 Å². The van der Waals surface area contributed by atoms with Gasteiger partial charge in [-0.2, -0.15) is 32.1 Å². The summed E-state index contributed by atoms with van der Waals surface area (Å²) in [6.07, 6.45) is -4.35. The predicted octanol–water partition coefficient (Wildman–Crippen LogP) is 4.33. The van der Waals surface area contributed by atoms with Gasteiger partial charge in [0.1, 0.15) is 11.5 Å². The molecule has 7 nitrogen and oxygen atoms in total. The molecule has 3 heterocycles. The lowest BCUT2D eigenvalue weighted by Gasteiger charge is -2.20. The molecule has 1 aromatic carbocycles. The SMILES string of the molecule is Cc1cc(C(F)(F)C(F)(F)F)n2nc(C(=O)Nc3ccn(Cc4cccc(F)c4)n3)cc2n1. The van der Waals surface area contributed by atoms with E-state index < -0.39 is 35.2 Å². The monoisotopic (exact) mass is 468 g/mol. The zero-order valence-corrected chi connectivity index (χ0v) is 16.7. The van der Waals surface area contributed by atoms with Crippen LogP contribution < -0.4 is 5.32 Å². The van der Waals surface area contributed by atoms with Crippen LogP contribution in [0.2, 0.25) is 0 Å². The van der Waals surface area contributed by atoms with E-state index in [1.165, 1.54) is 42.1 Å². The minimum atomic E-state index is -5.86. The maximum Gasteiger partial charge on any atom is 0.459 e. The van der Waals surface area contributed by atoms with E-state index in [2.05, 4.69) is 20.5 Å². The molecule has 1 amide bonds. The summed E-state index contributed by atoms with van der Waals surface area (Å²) in [6.45, 7) is 1.45. The average Bonchev–Trinajstić information content (AvgIpc) is 3.33. The van der Waals surface area contributed by atoms with Crippen LogP contribution in [0.4, 0.5) is 32.2 Å². The first-order valence-corrected chi connectivity index (χ1v) is 9.36. The largest absolute Gasteiger partial charge is 0.459 e. The predicted molar refractivity (Wildman–Crippen MR) is 103 cm³/mol. The number of fused-ring (bicyclic) bond motifs is 1. The molecule has 0 bridgehead atoms. The van der Waals surface area contributed by atoms with Crippen LogP contribution in [0, 0.1) is 12.7 Å². The standard InChI is InChI=1S/C20H14F6N6O/c1-11-7-15(19(22,23)20(24,25)26)32-17(27-11)9-14(29-32)18(33)28-16-5-6-31(30-16)10-12-3-2-4-13(21)8-12/h2-9H,10H2,1H3,(H,28,30,33). The second-order valence-electron chi connectivity index (χ2n) is 7.14. The topological polar surface area (TPSA) is 77.1 Å². The second kappa shape index (κ2) is 7.90. The van der Waals surface area contributed by atoms with Gasteiger partial charge in [-0.25, -0.2) is 13.9 Å². The Kier molecular flexibility index (Phi) is 5.34. The van der Waals surface area contributed by atoms with Gasteiger partial charge in [0.15, 0.2) is 17.2 Å². The fourth-order valence-corrected chi connectivity index (χ4v) is 3.10. The number of hydrogen-bond acceptors (Lipinski definition) is 4. The van der Waals surface area contributed by atoms with Gasteiger partial charge in [-0.3, -0.25) is 9.48 Å². The molecule has 0 unspecified atom stereocenters. The smallest absolute Gasteiger partial charge is 0.304 e. The number of halogens is 6. The Morgan fingerprint density at radius 2 is 1.82 bits per heavy atom. The Bertz CT molecular complexity index is 1340. The van der Waals surface area contributed by atoms with Crippen molar-refractivity contribution in [3.8, 4) is 0 Å². The quantitative estimate of drug-likeness (QED) is 0.443. The summed E-state index contributed by atoms with van der Waals surface area (Å²) in [5, 5.41) is 10.1. The van der Waals surface area contributed by atoms with Crippen molar-refractivity contribution in [3.05, 3.63) is 77.1 Å². The molecule has 0 atom stereocenters. The maximum atomic E-state index is 14.0. The first-order chi connectivity index (χ1) is 15.4. The lowest BCUT2D eigenvalue weighted by atomic mass is 10.2. The summed E-state index contributed by atoms with van der Waals surface area (Å²) in [5.74, 6) is -6.46. The first kappa shape index (κ1) is 22.3. The molecule has 13 heteroatoms. The molecule has 0 aliphatic carbocycles. The van der Waals surface area contributed by atoms with Gasteiger partial charge >= 0.3 is 12.1 Å². The number of aromatic nitrogens is 5. The van der Waals surface area contributed by atoms with Crippen molar-refractivity contribution in [1.82, 2.24) is 24.4 Å². The van der Waals surface area contributed by atoms with Gasteiger partial charge in [-0.15, -0.1) is 0 Å². The van der Waals surface area contributed by atoms with Crippen LogP contribution in [-0.4, -0.2) is 36.5 Å². The van der Waals surface area contributed by atoms with Gasteiger partial charge in [-0.1, -0.05) is 12.1 Å². The van der Waals surface area contributed by atoms with Gasteiger partial charge in [0, 0.05) is 24.0 Å². The van der Waals surface area contributed by atoms with E-state index in [0.29, 0.717) is 11.6 Å². The number of aryl methyl sites for hydroxylation is 1. The molecule has 1 N–H and O–H groups in total. The van der Waals surface area contributed by atoms with Gasteiger partial charge in [0.25, 0.3) is 5.91 Å². The van der Waals surface area contributed by atoms with E-state index in [1.807, 2.05) is 0 Å². The van der Waals surface area contributed by atoms with Gasteiger partial charge in [-0.05, 0) is 30.7 Å². The van der Waals surface area contributed by atoms with Crippen molar-refractivity contribution in [2.45, 2.75) is 25.6 Å². The molecular weight excluding hydrogens is 454 g/mol. The summed E-state index contributed by atoms with van der Waals surface area (Å²) in [5.41, 5.74) is -1.74. The number of carbonyl (C=O) groups excluding carboxylic acids is 1. The van der Waals surface area contributed by atoms with E-state index >= 15 is 0 Å². The Hall–Kier alpha value is -3.90. The number of nitrogens with zero attached hydrogens (tertiary/aromatic N) is 5. The fourth-order valence-electron chi connectivity index (χ4n) is 3.10. The molecule has 0 spiro atoms. The zero-order chi connectivity index (χ0) is 24.0. The number of benzene rings is 1. The van der Waals surface area contributed by atoms with E-state index in [4.69, 9.17) is 0 Å². The van der Waals surface area contributed by atoms with Crippen molar-refractivity contribution in [2.75, 3.05) is 5.32 Å². The third-order valence-corrected chi connectivity index (χ3v) is 4.58. The lowest BCUT2D eigenvalue weighted by molar-refractivity contribution is -0.291. The molecule has 172 valence electrons. The van der Waals surface area contributed by atoms with E-state index in [1.54, 1.807) is 6.07 Å². The highest BCUT2D eigenvalue weighted by atomic mass is 19.4. The summed E-state index contributed by atoms with van der Waals surface area (Å²) < 4.78 is 81.7. The molecule has 0 aliphatic heterocycles. The van der Waals surface area contributed by atoms with Gasteiger partial charge in [0.05, 0.1) is 6.54 Å². The minimum absolute atomic E-state index is 0.0680. The number of anilines is 1. The third kappa shape index (κ3) is 4.38. The Labute approximate surface area is 181 Å². The second-order valence-corrected chi connectivity index (χ2v) is 7.14. The van der Waals surface area contributed by atoms with Gasteiger partial charge < -0.3 is 5.32 Å². The maximum absolute atomic E-state index is 14.0. The Morgan fingerprint density at radius 1 is 1.06 bits per heavy atom. The number of hydrogen-bond donors (Lipinski definition) is 1. The van der Waals surface area contributed by atoms with E-state index in [-0.39, 0.29) is 28.2 Å². The fraction of sp³-hybridized carbons (Fsp3) is 0.200. The van der Waals surface area contributed by atoms with E-state index in [0.717, 1.165) is 6.07 Å². The molecule has 0 saturated heterocycles. The lowest BCUT2D eigenvalue weighted by Crippen LogP contribution is -2.36. The normalized spacial score (nSPS) is 12.3. The zero-order valence-electron chi connectivity index (χ0n) is 16.7. The van der Waals surface area contributed by atoms with Gasteiger partial charge in [0.2, 0.25) is 0 Å². The molecule has 33 heavy (non-hydrogen) atoms. The molecule has 0 aliphatic rings. The molecule has 0 saturated carbocycles. The van der Waals surface area contributed by atoms with Crippen LogP contribution in [0.1, 0.15) is 27.4 Å². The highest BCUT2D eigenvalue weighted by Crippen LogP contribution is 2.43. The Balaban J connectivity index is 1.58. The summed E-state index contributed by atoms with van der Waals surface area (Å²) in [7, 11) is 0. The molecule has 4 aromatic rings. The summed E-state index contributed by atoms with van der Waals surface area (Å²) >= 11 is 0. The summed E-state index contributed by atoms with van der Waals surface area (Å²) in [6, 6.07) is 8.80. The Morgan fingerprint density at radius 3 is 2.52 bits per heavy atom. The van der Waals surface area contributed by atoms with Crippen LogP contribution in [0.15, 0.2) is 48.7 Å². The van der Waals surface area contributed by atoms with Crippen molar-refractivity contribution < 1.29 is 31.1 Å². The number of nitrogens with one attached hydrogen (secondary N) is 1. The molecule has 4 rings (SSSR count). The minimum Gasteiger partial charge on any atom is -0.304 e. The third-order valence-electron chi connectivity index (χ3n) is 4.58. The van der Waals surface area contributed by atoms with Crippen molar-refractivity contribution in [3.63, 3.8) is 0 Å². The van der Waals surface area contributed by atoms with Crippen LogP contribution in [0.25, 0.3) is 5.65 Å². The van der Waals surface area contributed by atoms with Crippen molar-refractivity contribution in [2.24, 2.45) is 0 Å². The number of amides is 1. The molecule has 0 radical (unpaired) electrons. The first-order valence-electron chi connectivity index (χ1n) is 9.36. The molecule has 3 aromatic heterocycles. The molecular formula is C20H14F6N6O. The van der Waals surface area contributed by atoms with Crippen LogP contribution in [0.3, 0.4) is 0 Å². The number of carbonyl (C=O) groups is 1. The van der Waals surface area contributed by atoms with Crippen LogP contribution in [-0.2, 0) is 12.5 Å². The van der Waals surface area contributed by atoms with Crippen LogP contribution in [0.5, 0.6) is 0 Å². The van der Waals surface area contributed by atoms with Crippen molar-refractivity contribution >= 4 is 17.4 Å². The highest BCUT2D eigenvalue weighted by Gasteiger charge is 2.60.